The quantitative estimate of drug-likeness (QED) is 0.768. The smallest absolute Gasteiger partial charge is 0.338 e. The Labute approximate surface area is 162 Å². The number of halogens is 1. The average Bonchev–Trinajstić information content (AvgIpc) is 2.93. The number of aryl methyl sites for hydroxylation is 1. The number of benzene rings is 1. The second kappa shape index (κ2) is 8.10. The zero-order valence-corrected chi connectivity index (χ0v) is 16.7. The molecule has 27 heavy (non-hydrogen) atoms. The number of rotatable bonds is 5. The van der Waals surface area contributed by atoms with E-state index in [4.69, 9.17) is 31.3 Å². The van der Waals surface area contributed by atoms with Crippen molar-refractivity contribution < 1.29 is 23.6 Å². The topological polar surface area (TPSA) is 105 Å². The van der Waals surface area contributed by atoms with Gasteiger partial charge in [-0.25, -0.2) is 4.79 Å². The molecular weight excluding hydrogens is 372 g/mol. The molecule has 2 aromatic rings. The molecule has 0 fully saturated rings. The van der Waals surface area contributed by atoms with Crippen molar-refractivity contribution in [3.63, 3.8) is 0 Å². The molecule has 1 atom stereocenters. The molecule has 1 heterocycles. The summed E-state index contributed by atoms with van der Waals surface area (Å²) >= 11 is 6.02. The van der Waals surface area contributed by atoms with Gasteiger partial charge in [0.05, 0.1) is 36.4 Å². The molecule has 2 rings (SSSR count). The SMILES string of the molecule is COC(=O)c1cc(Cl)ccc1-c1c(C)noc1[C@@H](N)CC(=O)OC(C)(C)C. The summed E-state index contributed by atoms with van der Waals surface area (Å²) in [5.41, 5.74) is 7.38. The minimum absolute atomic E-state index is 0.0972. The van der Waals surface area contributed by atoms with Gasteiger partial charge in [-0.1, -0.05) is 22.8 Å². The molecule has 0 radical (unpaired) electrons. The van der Waals surface area contributed by atoms with Crippen LogP contribution in [0.15, 0.2) is 22.7 Å². The van der Waals surface area contributed by atoms with Crippen LogP contribution in [0.3, 0.4) is 0 Å². The third-order valence-electron chi connectivity index (χ3n) is 3.69. The van der Waals surface area contributed by atoms with Crippen LogP contribution in [0.2, 0.25) is 5.02 Å². The molecule has 0 unspecified atom stereocenters. The molecular formula is C19H23ClN2O5. The summed E-state index contributed by atoms with van der Waals surface area (Å²) in [6, 6.07) is 4.01. The highest BCUT2D eigenvalue weighted by Crippen LogP contribution is 2.35. The van der Waals surface area contributed by atoms with E-state index in [1.165, 1.54) is 13.2 Å². The van der Waals surface area contributed by atoms with Crippen molar-refractivity contribution in [2.75, 3.05) is 7.11 Å². The first kappa shape index (κ1) is 20.9. The van der Waals surface area contributed by atoms with Gasteiger partial charge in [0, 0.05) is 10.6 Å². The van der Waals surface area contributed by atoms with Gasteiger partial charge in [0.25, 0.3) is 0 Å². The summed E-state index contributed by atoms with van der Waals surface area (Å²) in [7, 11) is 1.28. The number of carbonyl (C=O) groups excluding carboxylic acids is 2. The van der Waals surface area contributed by atoms with Crippen LogP contribution in [-0.2, 0) is 14.3 Å². The predicted molar refractivity (Wildman–Crippen MR) is 100 cm³/mol. The van der Waals surface area contributed by atoms with Crippen LogP contribution in [0, 0.1) is 6.92 Å². The highest BCUT2D eigenvalue weighted by atomic mass is 35.5. The van der Waals surface area contributed by atoms with E-state index in [1.807, 2.05) is 0 Å². The van der Waals surface area contributed by atoms with Gasteiger partial charge in [-0.2, -0.15) is 0 Å². The third kappa shape index (κ3) is 5.08. The lowest BCUT2D eigenvalue weighted by atomic mass is 9.95. The van der Waals surface area contributed by atoms with Crippen molar-refractivity contribution in [3.8, 4) is 11.1 Å². The Morgan fingerprint density at radius 3 is 2.59 bits per heavy atom. The first-order valence-corrected chi connectivity index (χ1v) is 8.73. The molecule has 0 saturated carbocycles. The van der Waals surface area contributed by atoms with E-state index in [1.54, 1.807) is 39.8 Å². The van der Waals surface area contributed by atoms with E-state index in [-0.39, 0.29) is 17.7 Å². The average molecular weight is 395 g/mol. The van der Waals surface area contributed by atoms with Gasteiger partial charge in [0.2, 0.25) is 0 Å². The van der Waals surface area contributed by atoms with E-state index >= 15 is 0 Å². The molecule has 0 aliphatic rings. The lowest BCUT2D eigenvalue weighted by Gasteiger charge is -2.20. The number of methoxy groups -OCH3 is 1. The number of carbonyl (C=O) groups is 2. The summed E-state index contributed by atoms with van der Waals surface area (Å²) < 4.78 is 15.5. The number of hydrogen-bond donors (Lipinski definition) is 1. The normalized spacial score (nSPS) is 12.6. The minimum Gasteiger partial charge on any atom is -0.465 e. The van der Waals surface area contributed by atoms with Crippen LogP contribution in [0.1, 0.15) is 55.0 Å². The Kier molecular flexibility index (Phi) is 6.28. The van der Waals surface area contributed by atoms with Gasteiger partial charge in [0.15, 0.2) is 5.76 Å². The van der Waals surface area contributed by atoms with Crippen molar-refractivity contribution in [1.29, 1.82) is 0 Å². The molecule has 1 aromatic heterocycles. The molecule has 0 bridgehead atoms. The highest BCUT2D eigenvalue weighted by molar-refractivity contribution is 6.31. The van der Waals surface area contributed by atoms with Gasteiger partial charge in [-0.05, 0) is 39.8 Å². The molecule has 0 aliphatic carbocycles. The van der Waals surface area contributed by atoms with Crippen molar-refractivity contribution in [2.45, 2.75) is 45.8 Å². The maximum Gasteiger partial charge on any atom is 0.338 e. The van der Waals surface area contributed by atoms with Gasteiger partial charge in [-0.3, -0.25) is 4.79 Å². The monoisotopic (exact) mass is 394 g/mol. The Hall–Kier alpha value is -2.38. The first-order chi connectivity index (χ1) is 12.5. The number of ether oxygens (including phenoxy) is 2. The highest BCUT2D eigenvalue weighted by Gasteiger charge is 2.28. The minimum atomic E-state index is -0.794. The van der Waals surface area contributed by atoms with E-state index in [9.17, 15) is 9.59 Å². The molecule has 146 valence electrons. The number of hydrogen-bond acceptors (Lipinski definition) is 7. The summed E-state index contributed by atoms with van der Waals surface area (Å²) in [6.45, 7) is 7.04. The molecule has 0 saturated heterocycles. The van der Waals surface area contributed by atoms with Gasteiger partial charge in [-0.15, -0.1) is 0 Å². The zero-order valence-electron chi connectivity index (χ0n) is 16.0. The van der Waals surface area contributed by atoms with Crippen LogP contribution >= 0.6 is 11.6 Å². The molecule has 2 N–H and O–H groups in total. The van der Waals surface area contributed by atoms with Crippen LogP contribution in [0.25, 0.3) is 11.1 Å². The van der Waals surface area contributed by atoms with Crippen LogP contribution in [0.5, 0.6) is 0 Å². The fourth-order valence-electron chi connectivity index (χ4n) is 2.64. The third-order valence-corrected chi connectivity index (χ3v) is 3.92. The predicted octanol–water partition coefficient (Wildman–Crippen LogP) is 3.82. The number of nitrogens with zero attached hydrogens (tertiary/aromatic N) is 1. The van der Waals surface area contributed by atoms with E-state index in [2.05, 4.69) is 5.16 Å². The Balaban J connectivity index is 2.43. The Bertz CT molecular complexity index is 854. The fourth-order valence-corrected chi connectivity index (χ4v) is 2.81. The van der Waals surface area contributed by atoms with Crippen molar-refractivity contribution >= 4 is 23.5 Å². The van der Waals surface area contributed by atoms with Crippen LogP contribution in [0.4, 0.5) is 0 Å². The molecule has 0 spiro atoms. The standard InChI is InChI=1S/C19H23ClN2O5/c1-10-16(12-7-6-11(20)8-13(12)18(24)25-5)17(27-22-10)14(21)9-15(23)26-19(2,3)4/h6-8,14H,9,21H2,1-5H3/t14-/m0/s1. The maximum atomic E-state index is 12.2. The second-order valence-electron chi connectivity index (χ2n) is 7.09. The van der Waals surface area contributed by atoms with Crippen molar-refractivity contribution in [3.05, 3.63) is 40.2 Å². The lowest BCUT2D eigenvalue weighted by molar-refractivity contribution is -0.155. The molecule has 0 amide bonds. The van der Waals surface area contributed by atoms with Crippen molar-refractivity contribution in [2.24, 2.45) is 5.73 Å². The molecule has 1 aromatic carbocycles. The van der Waals surface area contributed by atoms with Gasteiger partial charge >= 0.3 is 11.9 Å². The number of nitrogens with two attached hydrogens (primary N) is 1. The molecule has 8 heteroatoms. The first-order valence-electron chi connectivity index (χ1n) is 8.35. The van der Waals surface area contributed by atoms with E-state index in [0.29, 0.717) is 21.8 Å². The molecule has 0 aliphatic heterocycles. The lowest BCUT2D eigenvalue weighted by Crippen LogP contribution is -2.26. The zero-order chi connectivity index (χ0) is 20.4. The van der Waals surface area contributed by atoms with Crippen LogP contribution < -0.4 is 5.73 Å². The Morgan fingerprint density at radius 2 is 2.00 bits per heavy atom. The largest absolute Gasteiger partial charge is 0.465 e. The second-order valence-corrected chi connectivity index (χ2v) is 7.52. The van der Waals surface area contributed by atoms with Crippen LogP contribution in [-0.4, -0.2) is 29.8 Å². The van der Waals surface area contributed by atoms with E-state index < -0.39 is 23.6 Å². The summed E-state index contributed by atoms with van der Waals surface area (Å²) in [4.78, 5) is 24.3. The fraction of sp³-hybridized carbons (Fsp3) is 0.421. The summed E-state index contributed by atoms with van der Waals surface area (Å²) in [6.07, 6.45) is -0.0972. The molecule has 7 nitrogen and oxygen atoms in total. The van der Waals surface area contributed by atoms with Gasteiger partial charge in [0.1, 0.15) is 5.60 Å². The summed E-state index contributed by atoms with van der Waals surface area (Å²) in [5, 5.41) is 4.33. The maximum absolute atomic E-state index is 12.2. The van der Waals surface area contributed by atoms with Crippen molar-refractivity contribution in [1.82, 2.24) is 5.16 Å². The van der Waals surface area contributed by atoms with E-state index in [0.717, 1.165) is 0 Å². The number of aromatic nitrogens is 1. The number of esters is 2. The Morgan fingerprint density at radius 1 is 1.33 bits per heavy atom. The van der Waals surface area contributed by atoms with Gasteiger partial charge < -0.3 is 19.7 Å². The summed E-state index contributed by atoms with van der Waals surface area (Å²) in [5.74, 6) is -0.732.